The molecule has 0 radical (unpaired) electrons. The van der Waals surface area contributed by atoms with Crippen molar-refractivity contribution < 1.29 is 8.42 Å². The van der Waals surface area contributed by atoms with Gasteiger partial charge in [-0.05, 0) is 58.2 Å². The summed E-state index contributed by atoms with van der Waals surface area (Å²) < 4.78 is 27.1. The molecule has 0 saturated carbocycles. The summed E-state index contributed by atoms with van der Waals surface area (Å²) in [5.41, 5.74) is 1.98. The van der Waals surface area contributed by atoms with Gasteiger partial charge in [-0.25, -0.2) is 13.1 Å². The molecule has 1 aromatic rings. The quantitative estimate of drug-likeness (QED) is 0.875. The zero-order chi connectivity index (χ0) is 16.2. The van der Waals surface area contributed by atoms with Crippen LogP contribution >= 0.6 is 0 Å². The van der Waals surface area contributed by atoms with Gasteiger partial charge in [-0.1, -0.05) is 29.8 Å². The summed E-state index contributed by atoms with van der Waals surface area (Å²) >= 11 is 0. The van der Waals surface area contributed by atoms with Gasteiger partial charge in [0.05, 0.1) is 5.75 Å². The van der Waals surface area contributed by atoms with Crippen molar-refractivity contribution in [2.24, 2.45) is 5.92 Å². The summed E-state index contributed by atoms with van der Waals surface area (Å²) in [7, 11) is -3.24. The van der Waals surface area contributed by atoms with Crippen LogP contribution < -0.4 is 4.72 Å². The summed E-state index contributed by atoms with van der Waals surface area (Å²) in [6.45, 7) is 9.14. The average molecular weight is 324 g/mol. The van der Waals surface area contributed by atoms with Gasteiger partial charge in [0, 0.05) is 12.6 Å². The minimum atomic E-state index is -3.24. The molecule has 1 fully saturated rings. The van der Waals surface area contributed by atoms with Crippen molar-refractivity contribution in [3.63, 3.8) is 0 Å². The van der Waals surface area contributed by atoms with Crippen LogP contribution in [0.4, 0.5) is 0 Å². The number of nitrogens with zero attached hydrogens (tertiary/aromatic N) is 1. The van der Waals surface area contributed by atoms with Crippen molar-refractivity contribution in [2.45, 2.75) is 45.4 Å². The van der Waals surface area contributed by atoms with Crippen molar-refractivity contribution in [1.82, 2.24) is 9.62 Å². The Morgan fingerprint density at radius 1 is 1.18 bits per heavy atom. The Labute approximate surface area is 135 Å². The van der Waals surface area contributed by atoms with E-state index in [-0.39, 0.29) is 5.75 Å². The highest BCUT2D eigenvalue weighted by atomic mass is 32.2. The monoisotopic (exact) mass is 324 g/mol. The number of benzene rings is 1. The SMILES string of the molecule is Cc1ccc(CS(=O)(=O)NCC2CCN(C(C)C)CC2)cc1. The van der Waals surface area contributed by atoms with Gasteiger partial charge in [-0.3, -0.25) is 0 Å². The first-order valence-electron chi connectivity index (χ1n) is 8.12. The predicted octanol–water partition coefficient (Wildman–Crippen LogP) is 2.53. The fourth-order valence-electron chi connectivity index (χ4n) is 2.87. The molecule has 0 aromatic heterocycles. The second-order valence-corrected chi connectivity index (χ2v) is 8.47. The van der Waals surface area contributed by atoms with Crippen molar-refractivity contribution in [2.75, 3.05) is 19.6 Å². The van der Waals surface area contributed by atoms with Gasteiger partial charge in [0.25, 0.3) is 0 Å². The van der Waals surface area contributed by atoms with Gasteiger partial charge in [0.1, 0.15) is 0 Å². The minimum Gasteiger partial charge on any atom is -0.301 e. The van der Waals surface area contributed by atoms with Gasteiger partial charge in [0.2, 0.25) is 10.0 Å². The fraction of sp³-hybridized carbons (Fsp3) is 0.647. The number of rotatable bonds is 6. The summed E-state index contributed by atoms with van der Waals surface area (Å²) in [5.74, 6) is 0.528. The maximum atomic E-state index is 12.2. The molecule has 1 aromatic carbocycles. The zero-order valence-corrected chi connectivity index (χ0v) is 14.7. The van der Waals surface area contributed by atoms with E-state index in [1.54, 1.807) is 0 Å². The van der Waals surface area contributed by atoms with Crippen LogP contribution in [0.2, 0.25) is 0 Å². The van der Waals surface area contributed by atoms with Crippen LogP contribution in [0.15, 0.2) is 24.3 Å². The highest BCUT2D eigenvalue weighted by Crippen LogP contribution is 2.18. The van der Waals surface area contributed by atoms with Gasteiger partial charge < -0.3 is 4.90 Å². The van der Waals surface area contributed by atoms with Gasteiger partial charge in [-0.2, -0.15) is 0 Å². The Kier molecular flexibility index (Phi) is 6.01. The van der Waals surface area contributed by atoms with Crippen LogP contribution in [-0.2, 0) is 15.8 Å². The molecule has 4 nitrogen and oxygen atoms in total. The Bertz CT molecular complexity index is 559. The molecule has 0 aliphatic carbocycles. The van der Waals surface area contributed by atoms with Gasteiger partial charge in [0.15, 0.2) is 0 Å². The molecule has 0 unspecified atom stereocenters. The predicted molar refractivity (Wildman–Crippen MR) is 91.2 cm³/mol. The van der Waals surface area contributed by atoms with Crippen LogP contribution in [0.5, 0.6) is 0 Å². The first-order valence-corrected chi connectivity index (χ1v) is 9.78. The van der Waals surface area contributed by atoms with Crippen LogP contribution in [0, 0.1) is 12.8 Å². The van der Waals surface area contributed by atoms with Gasteiger partial charge in [-0.15, -0.1) is 0 Å². The summed E-state index contributed by atoms with van der Waals surface area (Å²) in [4.78, 5) is 2.46. The van der Waals surface area contributed by atoms with E-state index in [1.807, 2.05) is 31.2 Å². The molecule has 22 heavy (non-hydrogen) atoms. The van der Waals surface area contributed by atoms with E-state index in [4.69, 9.17) is 0 Å². The largest absolute Gasteiger partial charge is 0.301 e. The molecule has 1 aliphatic rings. The molecule has 0 bridgehead atoms. The third-order valence-corrected chi connectivity index (χ3v) is 5.77. The molecule has 1 N–H and O–H groups in total. The molecule has 1 saturated heterocycles. The minimum absolute atomic E-state index is 0.0676. The number of aryl methyl sites for hydroxylation is 1. The molecule has 124 valence electrons. The van der Waals surface area contributed by atoms with E-state index >= 15 is 0 Å². The smallest absolute Gasteiger partial charge is 0.215 e. The van der Waals surface area contributed by atoms with E-state index in [0.29, 0.717) is 18.5 Å². The fourth-order valence-corrected chi connectivity index (χ4v) is 4.10. The normalized spacial score (nSPS) is 18.0. The first-order chi connectivity index (χ1) is 10.4. The van der Waals surface area contributed by atoms with E-state index in [2.05, 4.69) is 23.5 Å². The molecular formula is C17H28N2O2S. The van der Waals surface area contributed by atoms with E-state index in [0.717, 1.165) is 37.1 Å². The molecule has 0 spiro atoms. The second kappa shape index (κ2) is 7.57. The maximum Gasteiger partial charge on any atom is 0.215 e. The summed E-state index contributed by atoms with van der Waals surface area (Å²) in [6, 6.07) is 8.25. The van der Waals surface area contributed by atoms with E-state index in [9.17, 15) is 8.42 Å². The number of piperidine rings is 1. The van der Waals surface area contributed by atoms with Crippen LogP contribution in [-0.4, -0.2) is 39.0 Å². The standard InChI is InChI=1S/C17H28N2O2S/c1-14(2)19-10-8-16(9-11-19)12-18-22(20,21)13-17-6-4-15(3)5-7-17/h4-7,14,16,18H,8-13H2,1-3H3. The first kappa shape index (κ1) is 17.4. The number of hydrogen-bond acceptors (Lipinski definition) is 3. The number of likely N-dealkylation sites (tertiary alicyclic amines) is 1. The van der Waals surface area contributed by atoms with Crippen LogP contribution in [0.25, 0.3) is 0 Å². The molecule has 5 heteroatoms. The lowest BCUT2D eigenvalue weighted by Gasteiger charge is -2.34. The lowest BCUT2D eigenvalue weighted by atomic mass is 9.96. The number of hydrogen-bond donors (Lipinski definition) is 1. The molecular weight excluding hydrogens is 296 g/mol. The average Bonchev–Trinajstić information content (AvgIpc) is 2.48. The van der Waals surface area contributed by atoms with Crippen molar-refractivity contribution in [3.8, 4) is 0 Å². The Morgan fingerprint density at radius 2 is 1.77 bits per heavy atom. The van der Waals surface area contributed by atoms with Crippen LogP contribution in [0.3, 0.4) is 0 Å². The number of sulfonamides is 1. The van der Waals surface area contributed by atoms with Crippen LogP contribution in [0.1, 0.15) is 37.8 Å². The van der Waals surface area contributed by atoms with E-state index in [1.165, 1.54) is 0 Å². The molecule has 0 atom stereocenters. The van der Waals surface area contributed by atoms with Gasteiger partial charge >= 0.3 is 0 Å². The third-order valence-electron chi connectivity index (χ3n) is 4.45. The Hall–Kier alpha value is -0.910. The van der Waals surface area contributed by atoms with Crippen molar-refractivity contribution in [3.05, 3.63) is 35.4 Å². The lowest BCUT2D eigenvalue weighted by Crippen LogP contribution is -2.41. The molecule has 1 aliphatic heterocycles. The topological polar surface area (TPSA) is 49.4 Å². The summed E-state index contributed by atoms with van der Waals surface area (Å²) in [6.07, 6.45) is 2.15. The lowest BCUT2D eigenvalue weighted by molar-refractivity contribution is 0.150. The van der Waals surface area contributed by atoms with Crippen molar-refractivity contribution in [1.29, 1.82) is 0 Å². The molecule has 2 rings (SSSR count). The van der Waals surface area contributed by atoms with Crippen molar-refractivity contribution >= 4 is 10.0 Å². The molecule has 1 heterocycles. The van der Waals surface area contributed by atoms with E-state index < -0.39 is 10.0 Å². The maximum absolute atomic E-state index is 12.2. The zero-order valence-electron chi connectivity index (χ0n) is 13.9. The second-order valence-electron chi connectivity index (χ2n) is 6.67. The number of nitrogens with one attached hydrogen (secondary N) is 1. The highest BCUT2D eigenvalue weighted by molar-refractivity contribution is 7.88. The third kappa shape index (κ3) is 5.38. The summed E-state index contributed by atoms with van der Waals surface area (Å²) in [5, 5.41) is 0. The Morgan fingerprint density at radius 3 is 2.32 bits per heavy atom. The molecule has 0 amide bonds. The highest BCUT2D eigenvalue weighted by Gasteiger charge is 2.22. The Balaban J connectivity index is 1.79.